The normalized spacial score (nSPS) is 11.9. The molecule has 2 N–H and O–H groups in total. The summed E-state index contributed by atoms with van der Waals surface area (Å²) in [5, 5.41) is 6.27. The van der Waals surface area contributed by atoms with E-state index in [2.05, 4.69) is 10.6 Å². The van der Waals surface area contributed by atoms with E-state index in [1.165, 1.54) is 18.2 Å². The smallest absolute Gasteiger partial charge is 0.254 e. The van der Waals surface area contributed by atoms with Crippen molar-refractivity contribution in [2.45, 2.75) is 26.4 Å². The van der Waals surface area contributed by atoms with E-state index < -0.39 is 17.8 Å². The average Bonchev–Trinajstić information content (AvgIpc) is 2.58. The van der Waals surface area contributed by atoms with E-state index in [1.54, 1.807) is 38.1 Å². The van der Waals surface area contributed by atoms with Gasteiger partial charge in [-0.25, -0.2) is 4.39 Å². The maximum Gasteiger partial charge on any atom is 0.254 e. The van der Waals surface area contributed by atoms with Crippen LogP contribution in [0.1, 0.15) is 29.8 Å². The summed E-state index contributed by atoms with van der Waals surface area (Å²) in [7, 11) is 0. The number of amides is 2. The molecule has 0 saturated heterocycles. The highest BCUT2D eigenvalue weighted by Crippen LogP contribution is 2.20. The SMILES string of the molecule is CC(C)[C@H](NC(=O)c1ccccc1F)C(=O)NCc1ccc(Cl)cc1Cl. The summed E-state index contributed by atoms with van der Waals surface area (Å²) in [4.78, 5) is 24.8. The maximum atomic E-state index is 13.8. The zero-order valence-electron chi connectivity index (χ0n) is 14.4. The molecule has 0 aromatic heterocycles. The molecule has 0 fully saturated rings. The second kappa shape index (κ2) is 9.01. The zero-order chi connectivity index (χ0) is 19.3. The van der Waals surface area contributed by atoms with Crippen LogP contribution in [-0.2, 0) is 11.3 Å². The Kier molecular flexibility index (Phi) is 7.00. The lowest BCUT2D eigenvalue weighted by Crippen LogP contribution is -2.49. The lowest BCUT2D eigenvalue weighted by atomic mass is 10.0. The second-order valence-corrected chi connectivity index (χ2v) is 6.97. The third kappa shape index (κ3) is 5.19. The number of rotatable bonds is 6. The van der Waals surface area contributed by atoms with Gasteiger partial charge < -0.3 is 10.6 Å². The molecule has 0 saturated carbocycles. The number of nitrogens with one attached hydrogen (secondary N) is 2. The Bertz CT molecular complexity index is 812. The number of carbonyl (C=O) groups is 2. The van der Waals surface area contributed by atoms with Crippen molar-refractivity contribution in [1.82, 2.24) is 10.6 Å². The molecular formula is C19H19Cl2FN2O2. The molecule has 4 nitrogen and oxygen atoms in total. The van der Waals surface area contributed by atoms with Crippen LogP contribution >= 0.6 is 23.2 Å². The van der Waals surface area contributed by atoms with Crippen molar-refractivity contribution < 1.29 is 14.0 Å². The topological polar surface area (TPSA) is 58.2 Å². The van der Waals surface area contributed by atoms with Crippen molar-refractivity contribution in [3.05, 3.63) is 69.5 Å². The molecule has 0 unspecified atom stereocenters. The molecule has 26 heavy (non-hydrogen) atoms. The first-order valence-electron chi connectivity index (χ1n) is 8.06. The first-order valence-corrected chi connectivity index (χ1v) is 8.82. The van der Waals surface area contributed by atoms with Crippen LogP contribution in [0.4, 0.5) is 4.39 Å². The van der Waals surface area contributed by atoms with Crippen molar-refractivity contribution >= 4 is 35.0 Å². The summed E-state index contributed by atoms with van der Waals surface area (Å²) in [6, 6.07) is 9.79. The monoisotopic (exact) mass is 396 g/mol. The molecule has 2 rings (SSSR count). The predicted molar refractivity (Wildman–Crippen MR) is 101 cm³/mol. The Morgan fingerprint density at radius 3 is 2.42 bits per heavy atom. The van der Waals surface area contributed by atoms with Crippen molar-refractivity contribution in [3.8, 4) is 0 Å². The molecule has 0 radical (unpaired) electrons. The molecule has 0 heterocycles. The molecule has 1 atom stereocenters. The fourth-order valence-electron chi connectivity index (χ4n) is 2.36. The Morgan fingerprint density at radius 2 is 1.81 bits per heavy atom. The summed E-state index contributed by atoms with van der Waals surface area (Å²) in [5.74, 6) is -1.84. The van der Waals surface area contributed by atoms with E-state index in [-0.39, 0.29) is 23.9 Å². The van der Waals surface area contributed by atoms with Crippen LogP contribution in [-0.4, -0.2) is 17.9 Å². The van der Waals surface area contributed by atoms with Crippen LogP contribution < -0.4 is 10.6 Å². The van der Waals surface area contributed by atoms with Gasteiger partial charge in [0, 0.05) is 16.6 Å². The first kappa shape index (κ1) is 20.2. The molecule has 2 aromatic rings. The molecule has 138 valence electrons. The largest absolute Gasteiger partial charge is 0.350 e. The predicted octanol–water partition coefficient (Wildman–Crippen LogP) is 4.20. The molecule has 0 bridgehead atoms. The Labute approximate surface area is 161 Å². The summed E-state index contributed by atoms with van der Waals surface area (Å²) in [5.41, 5.74) is 0.596. The van der Waals surface area contributed by atoms with Gasteiger partial charge in [-0.1, -0.05) is 55.2 Å². The van der Waals surface area contributed by atoms with Crippen LogP contribution in [0.15, 0.2) is 42.5 Å². The van der Waals surface area contributed by atoms with Crippen LogP contribution in [0.2, 0.25) is 10.0 Å². The van der Waals surface area contributed by atoms with Crippen LogP contribution in [0.25, 0.3) is 0 Å². The van der Waals surface area contributed by atoms with E-state index in [4.69, 9.17) is 23.2 Å². The van der Waals surface area contributed by atoms with E-state index in [0.29, 0.717) is 15.6 Å². The molecule has 7 heteroatoms. The van der Waals surface area contributed by atoms with Crippen molar-refractivity contribution in [3.63, 3.8) is 0 Å². The molecule has 0 spiro atoms. The number of halogens is 3. The summed E-state index contributed by atoms with van der Waals surface area (Å²) in [6.45, 7) is 3.77. The molecule has 0 aliphatic rings. The highest BCUT2D eigenvalue weighted by molar-refractivity contribution is 6.35. The van der Waals surface area contributed by atoms with Crippen LogP contribution in [0.3, 0.4) is 0 Å². The van der Waals surface area contributed by atoms with Gasteiger partial charge in [0.2, 0.25) is 5.91 Å². The summed E-state index contributed by atoms with van der Waals surface area (Å²) >= 11 is 11.9. The standard InChI is InChI=1S/C19H19Cl2FN2O2/c1-11(2)17(24-18(25)14-5-3-4-6-16(14)22)19(26)23-10-12-7-8-13(20)9-15(12)21/h3-9,11,17H,10H2,1-2H3,(H,23,26)(H,24,25)/t17-/m0/s1. The maximum absolute atomic E-state index is 13.8. The van der Waals surface area contributed by atoms with Gasteiger partial charge in [0.25, 0.3) is 5.91 Å². The number of carbonyl (C=O) groups excluding carboxylic acids is 2. The highest BCUT2D eigenvalue weighted by atomic mass is 35.5. The van der Waals surface area contributed by atoms with Crippen LogP contribution in [0, 0.1) is 11.7 Å². The van der Waals surface area contributed by atoms with Gasteiger partial charge >= 0.3 is 0 Å². The second-order valence-electron chi connectivity index (χ2n) is 6.13. The molecule has 2 amide bonds. The van der Waals surface area contributed by atoms with E-state index in [1.807, 2.05) is 0 Å². The van der Waals surface area contributed by atoms with Gasteiger partial charge in [0.1, 0.15) is 11.9 Å². The molecule has 0 aliphatic carbocycles. The average molecular weight is 397 g/mol. The Balaban J connectivity index is 2.05. The van der Waals surface area contributed by atoms with E-state index in [0.717, 1.165) is 0 Å². The zero-order valence-corrected chi connectivity index (χ0v) is 15.9. The first-order chi connectivity index (χ1) is 12.3. The fourth-order valence-corrected chi connectivity index (χ4v) is 2.83. The minimum absolute atomic E-state index is 0.105. The Morgan fingerprint density at radius 1 is 1.12 bits per heavy atom. The molecular weight excluding hydrogens is 378 g/mol. The number of hydrogen-bond acceptors (Lipinski definition) is 2. The van der Waals surface area contributed by atoms with Gasteiger partial charge in [-0.3, -0.25) is 9.59 Å². The quantitative estimate of drug-likeness (QED) is 0.768. The number of hydrogen-bond donors (Lipinski definition) is 2. The van der Waals surface area contributed by atoms with Gasteiger partial charge in [0.15, 0.2) is 0 Å². The lowest BCUT2D eigenvalue weighted by molar-refractivity contribution is -0.124. The van der Waals surface area contributed by atoms with Crippen molar-refractivity contribution in [2.75, 3.05) is 0 Å². The van der Waals surface area contributed by atoms with Gasteiger partial charge in [-0.15, -0.1) is 0 Å². The lowest BCUT2D eigenvalue weighted by Gasteiger charge is -2.22. The van der Waals surface area contributed by atoms with E-state index >= 15 is 0 Å². The third-order valence-corrected chi connectivity index (χ3v) is 4.41. The minimum atomic E-state index is -0.812. The van der Waals surface area contributed by atoms with Crippen LogP contribution in [0.5, 0.6) is 0 Å². The number of benzene rings is 2. The molecule has 0 aliphatic heterocycles. The molecule has 2 aromatic carbocycles. The van der Waals surface area contributed by atoms with Crippen molar-refractivity contribution in [2.24, 2.45) is 5.92 Å². The summed E-state index contributed by atoms with van der Waals surface area (Å²) < 4.78 is 13.8. The van der Waals surface area contributed by atoms with Gasteiger partial charge in [0.05, 0.1) is 5.56 Å². The highest BCUT2D eigenvalue weighted by Gasteiger charge is 2.25. The minimum Gasteiger partial charge on any atom is -0.350 e. The van der Waals surface area contributed by atoms with Gasteiger partial charge in [-0.2, -0.15) is 0 Å². The van der Waals surface area contributed by atoms with E-state index in [9.17, 15) is 14.0 Å². The van der Waals surface area contributed by atoms with Crippen molar-refractivity contribution in [1.29, 1.82) is 0 Å². The third-order valence-electron chi connectivity index (χ3n) is 3.82. The Hall–Kier alpha value is -2.11. The fraction of sp³-hybridized carbons (Fsp3) is 0.263. The summed E-state index contributed by atoms with van der Waals surface area (Å²) in [6.07, 6.45) is 0. The van der Waals surface area contributed by atoms with Gasteiger partial charge in [-0.05, 0) is 35.7 Å².